The van der Waals surface area contributed by atoms with Crippen LogP contribution in [0.15, 0.2) is 60.8 Å². The van der Waals surface area contributed by atoms with Crippen LogP contribution in [0.1, 0.15) is 303 Å². The predicted molar refractivity (Wildman–Crippen MR) is 298 cm³/mol. The van der Waals surface area contributed by atoms with Crippen LogP contribution in [0.2, 0.25) is 0 Å². The van der Waals surface area contributed by atoms with Crippen LogP contribution in [-0.4, -0.2) is 37.9 Å². The minimum absolute atomic E-state index is 0.0700. The molecule has 1 atom stereocenters. The largest absolute Gasteiger partial charge is 0.462 e. The Morgan fingerprint density at radius 3 is 1.10 bits per heavy atom. The number of allylic oxidation sites excluding steroid dienone is 10. The van der Waals surface area contributed by atoms with E-state index in [2.05, 4.69) is 81.5 Å². The van der Waals surface area contributed by atoms with Gasteiger partial charge >= 0.3 is 11.9 Å². The van der Waals surface area contributed by atoms with Crippen molar-refractivity contribution in [2.75, 3.05) is 19.8 Å². The molecule has 0 fully saturated rings. The van der Waals surface area contributed by atoms with Crippen molar-refractivity contribution in [2.24, 2.45) is 0 Å². The highest BCUT2D eigenvalue weighted by molar-refractivity contribution is 5.70. The molecule has 0 aromatic heterocycles. The summed E-state index contributed by atoms with van der Waals surface area (Å²) >= 11 is 0. The molecule has 0 aliphatic rings. The van der Waals surface area contributed by atoms with Crippen LogP contribution in [0, 0.1) is 0 Å². The molecule has 0 aliphatic heterocycles. The van der Waals surface area contributed by atoms with Gasteiger partial charge in [-0.15, -0.1) is 0 Å². The van der Waals surface area contributed by atoms with Gasteiger partial charge in [0.25, 0.3) is 0 Å². The van der Waals surface area contributed by atoms with Crippen LogP contribution in [0.5, 0.6) is 0 Å². The SMILES string of the molecule is CC/C=C\C/C=C\C/C=C\C/C=C\CCCCC(=O)OC(COCCCCCCCCCC/C=C\CCCCCCCC)COC(=O)CCCCCCCCCCCCCCCCCCCCC. The second kappa shape index (κ2) is 58.9. The van der Waals surface area contributed by atoms with Gasteiger partial charge in [0.15, 0.2) is 6.10 Å². The lowest BCUT2D eigenvalue weighted by Crippen LogP contribution is -2.30. The van der Waals surface area contributed by atoms with Gasteiger partial charge in [0.2, 0.25) is 0 Å². The van der Waals surface area contributed by atoms with E-state index in [9.17, 15) is 9.59 Å². The van der Waals surface area contributed by atoms with Gasteiger partial charge in [0.05, 0.1) is 6.61 Å². The summed E-state index contributed by atoms with van der Waals surface area (Å²) in [7, 11) is 0. The Bertz CT molecular complexity index is 1170. The van der Waals surface area contributed by atoms with Crippen LogP contribution in [0.4, 0.5) is 0 Å². The van der Waals surface area contributed by atoms with Gasteiger partial charge in [0, 0.05) is 19.4 Å². The quantitative estimate of drug-likeness (QED) is 0.0345. The van der Waals surface area contributed by atoms with Gasteiger partial charge in [-0.3, -0.25) is 9.59 Å². The van der Waals surface area contributed by atoms with Crippen LogP contribution in [0.3, 0.4) is 0 Å². The second-order valence-corrected chi connectivity index (χ2v) is 19.9. The fourth-order valence-electron chi connectivity index (χ4n) is 8.62. The topological polar surface area (TPSA) is 61.8 Å². The highest BCUT2D eigenvalue weighted by Crippen LogP contribution is 2.16. The third-order valence-electron chi connectivity index (χ3n) is 13.0. The van der Waals surface area contributed by atoms with Crippen molar-refractivity contribution in [1.82, 2.24) is 0 Å². The lowest BCUT2D eigenvalue weighted by molar-refractivity contribution is -0.163. The molecule has 1 unspecified atom stereocenters. The summed E-state index contributed by atoms with van der Waals surface area (Å²) in [6.07, 6.45) is 75.4. The number of hydrogen-bond acceptors (Lipinski definition) is 5. The van der Waals surface area contributed by atoms with Crippen molar-refractivity contribution in [3.05, 3.63) is 60.8 Å². The maximum atomic E-state index is 12.8. The Morgan fingerprint density at radius 1 is 0.338 bits per heavy atom. The number of hydrogen-bond donors (Lipinski definition) is 0. The number of ether oxygens (including phenoxy) is 3. The van der Waals surface area contributed by atoms with E-state index in [-0.39, 0.29) is 25.2 Å². The van der Waals surface area contributed by atoms with Crippen LogP contribution in [-0.2, 0) is 23.8 Å². The van der Waals surface area contributed by atoms with Crippen molar-refractivity contribution in [1.29, 1.82) is 0 Å². The van der Waals surface area contributed by atoms with E-state index in [1.54, 1.807) is 0 Å². The van der Waals surface area contributed by atoms with E-state index in [0.29, 0.717) is 19.4 Å². The average Bonchev–Trinajstić information content (AvgIpc) is 3.34. The molecule has 0 amide bonds. The number of rotatable bonds is 55. The van der Waals surface area contributed by atoms with Gasteiger partial charge in [-0.1, -0.05) is 268 Å². The molecule has 0 aromatic carbocycles. The molecule has 68 heavy (non-hydrogen) atoms. The minimum atomic E-state index is -0.559. The maximum absolute atomic E-state index is 12.8. The van der Waals surface area contributed by atoms with E-state index < -0.39 is 6.10 Å². The maximum Gasteiger partial charge on any atom is 0.306 e. The molecule has 396 valence electrons. The smallest absolute Gasteiger partial charge is 0.306 e. The van der Waals surface area contributed by atoms with Crippen molar-refractivity contribution in [3.8, 4) is 0 Å². The molecule has 0 spiro atoms. The zero-order chi connectivity index (χ0) is 49.2. The van der Waals surface area contributed by atoms with Crippen molar-refractivity contribution >= 4 is 11.9 Å². The second-order valence-electron chi connectivity index (χ2n) is 19.9. The summed E-state index contributed by atoms with van der Waals surface area (Å²) in [4.78, 5) is 25.5. The Kier molecular flexibility index (Phi) is 56.8. The monoisotopic (exact) mass is 951 g/mol. The molecule has 0 aliphatic carbocycles. The fourth-order valence-corrected chi connectivity index (χ4v) is 8.62. The van der Waals surface area contributed by atoms with Gasteiger partial charge < -0.3 is 14.2 Å². The third kappa shape index (κ3) is 56.2. The highest BCUT2D eigenvalue weighted by Gasteiger charge is 2.17. The third-order valence-corrected chi connectivity index (χ3v) is 13.0. The zero-order valence-corrected chi connectivity index (χ0v) is 45.6. The summed E-state index contributed by atoms with van der Waals surface area (Å²) < 4.78 is 17.5. The van der Waals surface area contributed by atoms with Gasteiger partial charge in [0.1, 0.15) is 6.61 Å². The Balaban J connectivity index is 4.28. The van der Waals surface area contributed by atoms with Crippen molar-refractivity contribution in [3.63, 3.8) is 0 Å². The minimum Gasteiger partial charge on any atom is -0.462 e. The van der Waals surface area contributed by atoms with E-state index >= 15 is 0 Å². The molecule has 0 aromatic rings. The van der Waals surface area contributed by atoms with E-state index in [4.69, 9.17) is 14.2 Å². The predicted octanol–water partition coefficient (Wildman–Crippen LogP) is 20.5. The van der Waals surface area contributed by atoms with Crippen molar-refractivity contribution < 1.29 is 23.8 Å². The summed E-state index contributed by atoms with van der Waals surface area (Å²) in [5.74, 6) is -0.432. The van der Waals surface area contributed by atoms with E-state index in [1.807, 2.05) is 0 Å². The molecular weight excluding hydrogens is 837 g/mol. The number of unbranched alkanes of at least 4 members (excludes halogenated alkanes) is 34. The average molecular weight is 952 g/mol. The molecule has 0 saturated carbocycles. The molecule has 0 radical (unpaired) electrons. The molecule has 0 rings (SSSR count). The Hall–Kier alpha value is -2.40. The first kappa shape index (κ1) is 65.6. The summed E-state index contributed by atoms with van der Waals surface area (Å²) in [5, 5.41) is 0. The molecule has 0 saturated heterocycles. The normalized spacial score (nSPS) is 12.6. The summed E-state index contributed by atoms with van der Waals surface area (Å²) in [6, 6.07) is 0. The first-order valence-corrected chi connectivity index (χ1v) is 29.8. The van der Waals surface area contributed by atoms with Crippen molar-refractivity contribution in [2.45, 2.75) is 309 Å². The standard InChI is InChI=1S/C63H114O5/c1-4-7-10-13-16-19-22-25-28-30-32-33-36-38-41-44-47-50-53-56-62(64)67-60-61(68-63(65)57-54-51-48-45-42-39-35-27-24-21-18-15-12-9-6-3)59-66-58-55-52-49-46-43-40-37-34-31-29-26-23-20-17-14-11-8-5-2/h9,12,18,21,26-27,29,35,42,45,61H,4-8,10-11,13-17,19-20,22-25,28,30-34,36-41,43-44,46-60H2,1-3H3/b12-9-,21-18-,29-26-,35-27-,45-42-. The molecule has 5 heteroatoms. The number of carbonyl (C=O) groups excluding carboxylic acids is 2. The van der Waals surface area contributed by atoms with Crippen LogP contribution in [0.25, 0.3) is 0 Å². The number of esters is 2. The van der Waals surface area contributed by atoms with Gasteiger partial charge in [-0.05, 0) is 83.5 Å². The highest BCUT2D eigenvalue weighted by atomic mass is 16.6. The molecule has 0 N–H and O–H groups in total. The number of carbonyl (C=O) groups is 2. The lowest BCUT2D eigenvalue weighted by Gasteiger charge is -2.18. The summed E-state index contributed by atoms with van der Waals surface area (Å²) in [6.45, 7) is 7.71. The summed E-state index contributed by atoms with van der Waals surface area (Å²) in [5.41, 5.74) is 0. The van der Waals surface area contributed by atoms with E-state index in [1.165, 1.54) is 199 Å². The first-order valence-electron chi connectivity index (χ1n) is 29.8. The zero-order valence-electron chi connectivity index (χ0n) is 45.6. The van der Waals surface area contributed by atoms with Gasteiger partial charge in [-0.2, -0.15) is 0 Å². The fraction of sp³-hybridized carbons (Fsp3) is 0.810. The van der Waals surface area contributed by atoms with E-state index in [0.717, 1.165) is 70.6 Å². The van der Waals surface area contributed by atoms with Gasteiger partial charge in [-0.25, -0.2) is 0 Å². The first-order chi connectivity index (χ1) is 33.6. The molecule has 0 heterocycles. The van der Waals surface area contributed by atoms with Crippen LogP contribution < -0.4 is 0 Å². The lowest BCUT2D eigenvalue weighted by atomic mass is 10.0. The van der Waals surface area contributed by atoms with Crippen LogP contribution >= 0.6 is 0 Å². The molecule has 0 bridgehead atoms. The molecular formula is C63H114O5. The Labute approximate surface area is 424 Å². The molecule has 5 nitrogen and oxygen atoms in total. The Morgan fingerprint density at radius 2 is 0.662 bits per heavy atom.